The minimum Gasteiger partial charge on any atom is -0.508 e. The summed E-state index contributed by atoms with van der Waals surface area (Å²) in [6, 6.07) is 4.77. The first-order valence-electron chi connectivity index (χ1n) is 10.8. The van der Waals surface area contributed by atoms with Crippen LogP contribution >= 0.6 is 0 Å². The molecule has 11 nitrogen and oxygen atoms in total. The van der Waals surface area contributed by atoms with E-state index in [2.05, 4.69) is 0 Å². The molecule has 3 rings (SSSR count). The van der Waals surface area contributed by atoms with Crippen molar-refractivity contribution in [2.24, 2.45) is 0 Å². The normalized spacial score (nSPS) is 14.9. The highest BCUT2D eigenvalue weighted by Crippen LogP contribution is 2.39. The molecule has 0 fully saturated rings. The summed E-state index contributed by atoms with van der Waals surface area (Å²) in [5, 5.41) is 40.2. The van der Waals surface area contributed by atoms with Gasteiger partial charge in [-0.15, -0.1) is 0 Å². The van der Waals surface area contributed by atoms with Crippen LogP contribution in [0.3, 0.4) is 0 Å². The van der Waals surface area contributed by atoms with Crippen molar-refractivity contribution in [3.63, 3.8) is 0 Å². The van der Waals surface area contributed by atoms with Crippen LogP contribution in [-0.4, -0.2) is 66.7 Å². The molecule has 1 atom stereocenters. The summed E-state index contributed by atoms with van der Waals surface area (Å²) in [4.78, 5) is 25.0. The molecule has 0 aromatic heterocycles. The molecule has 0 unspecified atom stereocenters. The Labute approximate surface area is 212 Å². The number of carbonyl (C=O) groups is 2. The monoisotopic (exact) mass is 514 g/mol. The van der Waals surface area contributed by atoms with Gasteiger partial charge in [0.2, 0.25) is 11.5 Å². The van der Waals surface area contributed by atoms with Gasteiger partial charge in [0.15, 0.2) is 23.4 Å². The van der Waals surface area contributed by atoms with Gasteiger partial charge >= 0.3 is 5.97 Å². The molecule has 0 aliphatic heterocycles. The summed E-state index contributed by atoms with van der Waals surface area (Å²) in [5.41, 5.74) is 0.173. The van der Waals surface area contributed by atoms with Gasteiger partial charge in [-0.25, -0.2) is 4.79 Å². The number of ketones is 1. The van der Waals surface area contributed by atoms with Crippen LogP contribution in [0.15, 0.2) is 59.6 Å². The number of aromatic hydroxyl groups is 3. The quantitative estimate of drug-likeness (QED) is 0.287. The third kappa shape index (κ3) is 5.72. The van der Waals surface area contributed by atoms with Crippen molar-refractivity contribution in [3.8, 4) is 34.5 Å². The van der Waals surface area contributed by atoms with Crippen molar-refractivity contribution in [1.29, 1.82) is 0 Å². The number of ether oxygens (including phenoxy) is 5. The van der Waals surface area contributed by atoms with Gasteiger partial charge in [-0.2, -0.15) is 0 Å². The van der Waals surface area contributed by atoms with Gasteiger partial charge in [0.1, 0.15) is 23.0 Å². The standard InChI is InChI=1S/C26H26O11/c1-33-21-8-14(9-22(34-2)25(21)36-4)26(32)37-23(12-16-18(29)10-15(27)11-19(16)30)24(35-3)13-5-6-17(28)20(31)7-13/h5-11,23,27,29-31H,12H2,1-4H3/b24-13+/t23-/m1/s1. The molecule has 2 aromatic carbocycles. The minimum atomic E-state index is -1.28. The fraction of sp³-hybridized carbons (Fsp3) is 0.231. The van der Waals surface area contributed by atoms with Crippen molar-refractivity contribution in [2.45, 2.75) is 12.5 Å². The number of phenols is 3. The van der Waals surface area contributed by atoms with Crippen molar-refractivity contribution in [2.75, 3.05) is 28.4 Å². The Morgan fingerprint density at radius 1 is 0.865 bits per heavy atom. The molecule has 37 heavy (non-hydrogen) atoms. The Morgan fingerprint density at radius 2 is 1.46 bits per heavy atom. The average Bonchev–Trinajstić information content (AvgIpc) is 2.87. The minimum absolute atomic E-state index is 0.00275. The predicted molar refractivity (Wildman–Crippen MR) is 129 cm³/mol. The van der Waals surface area contributed by atoms with Crippen molar-refractivity contribution >= 4 is 11.8 Å². The van der Waals surface area contributed by atoms with E-state index in [0.29, 0.717) is 0 Å². The van der Waals surface area contributed by atoms with Gasteiger partial charge in [0, 0.05) is 29.7 Å². The highest BCUT2D eigenvalue weighted by atomic mass is 16.6. The lowest BCUT2D eigenvalue weighted by atomic mass is 9.98. The third-order valence-corrected chi connectivity index (χ3v) is 5.48. The number of phenolic OH excluding ortho intramolecular Hbond substituents is 3. The second-order valence-electron chi connectivity index (χ2n) is 7.73. The summed E-state index contributed by atoms with van der Waals surface area (Å²) in [5.74, 6) is -2.68. The van der Waals surface area contributed by atoms with Crippen LogP contribution in [0.25, 0.3) is 0 Å². The van der Waals surface area contributed by atoms with Crippen LogP contribution in [0.1, 0.15) is 15.9 Å². The molecular weight excluding hydrogens is 488 g/mol. The topological polar surface area (TPSA) is 161 Å². The fourth-order valence-corrected chi connectivity index (χ4v) is 3.71. The van der Waals surface area contributed by atoms with Crippen LogP contribution < -0.4 is 14.2 Å². The van der Waals surface area contributed by atoms with Gasteiger partial charge in [0.05, 0.1) is 34.0 Å². The lowest BCUT2D eigenvalue weighted by Crippen LogP contribution is -2.26. The van der Waals surface area contributed by atoms with Crippen LogP contribution in [0, 0.1) is 0 Å². The number of methoxy groups -OCH3 is 4. The number of hydrogen-bond acceptors (Lipinski definition) is 11. The molecule has 0 radical (unpaired) electrons. The van der Waals surface area contributed by atoms with Crippen LogP contribution in [0.2, 0.25) is 0 Å². The van der Waals surface area contributed by atoms with E-state index in [-0.39, 0.29) is 51.9 Å². The highest BCUT2D eigenvalue weighted by Gasteiger charge is 2.29. The maximum Gasteiger partial charge on any atom is 0.339 e. The van der Waals surface area contributed by atoms with E-state index in [1.807, 2.05) is 0 Å². The first-order valence-corrected chi connectivity index (χ1v) is 10.8. The number of aliphatic hydroxyl groups is 1. The van der Waals surface area contributed by atoms with E-state index in [1.165, 1.54) is 46.6 Å². The number of hydrogen-bond donors (Lipinski definition) is 4. The average molecular weight is 514 g/mol. The Balaban J connectivity index is 2.10. The first kappa shape index (κ1) is 26.8. The molecule has 0 amide bonds. The van der Waals surface area contributed by atoms with Gasteiger partial charge in [-0.3, -0.25) is 4.79 Å². The molecule has 2 aromatic rings. The zero-order valence-corrected chi connectivity index (χ0v) is 20.5. The summed E-state index contributed by atoms with van der Waals surface area (Å²) < 4.78 is 27.1. The molecule has 1 aliphatic carbocycles. The SMILES string of the molecule is CO/C(=C1\C=CC(=O)C(O)=C1)[C@@H](Cc1c(O)cc(O)cc1O)OC(=O)c1cc(OC)c(OC)c(OC)c1. The van der Waals surface area contributed by atoms with Gasteiger partial charge in [-0.05, 0) is 30.4 Å². The second kappa shape index (κ2) is 11.3. The van der Waals surface area contributed by atoms with E-state index in [1.54, 1.807) is 0 Å². The number of aliphatic hydroxyl groups excluding tert-OH is 1. The number of rotatable bonds is 9. The van der Waals surface area contributed by atoms with E-state index < -0.39 is 35.1 Å². The first-order chi connectivity index (χ1) is 17.6. The zero-order valence-electron chi connectivity index (χ0n) is 20.5. The maximum absolute atomic E-state index is 13.3. The zero-order chi connectivity index (χ0) is 27.3. The number of carbonyl (C=O) groups excluding carboxylic acids is 2. The molecule has 196 valence electrons. The second-order valence-corrected chi connectivity index (χ2v) is 7.73. The van der Waals surface area contributed by atoms with E-state index >= 15 is 0 Å². The number of esters is 1. The van der Waals surface area contributed by atoms with E-state index in [0.717, 1.165) is 24.3 Å². The number of benzene rings is 2. The molecule has 0 bridgehead atoms. The van der Waals surface area contributed by atoms with Gasteiger partial charge in [0.25, 0.3) is 0 Å². The Kier molecular flexibility index (Phi) is 8.18. The summed E-state index contributed by atoms with van der Waals surface area (Å²) in [6.07, 6.45) is 2.01. The molecule has 0 heterocycles. The summed E-state index contributed by atoms with van der Waals surface area (Å²) in [6.45, 7) is 0. The van der Waals surface area contributed by atoms with Crippen LogP contribution in [-0.2, 0) is 20.7 Å². The van der Waals surface area contributed by atoms with Crippen molar-refractivity contribution in [1.82, 2.24) is 0 Å². The molecule has 11 heteroatoms. The fourth-order valence-electron chi connectivity index (χ4n) is 3.71. The molecule has 0 spiro atoms. The van der Waals surface area contributed by atoms with Crippen molar-refractivity contribution < 1.29 is 53.7 Å². The Morgan fingerprint density at radius 3 is 1.95 bits per heavy atom. The van der Waals surface area contributed by atoms with E-state index in [4.69, 9.17) is 23.7 Å². The largest absolute Gasteiger partial charge is 0.508 e. The van der Waals surface area contributed by atoms with Crippen LogP contribution in [0.4, 0.5) is 0 Å². The molecule has 1 aliphatic rings. The summed E-state index contributed by atoms with van der Waals surface area (Å²) >= 11 is 0. The van der Waals surface area contributed by atoms with E-state index in [9.17, 15) is 30.0 Å². The maximum atomic E-state index is 13.3. The molecule has 0 saturated carbocycles. The molecule has 0 saturated heterocycles. The smallest absolute Gasteiger partial charge is 0.339 e. The predicted octanol–water partition coefficient (Wildman–Crippen LogP) is 3.08. The summed E-state index contributed by atoms with van der Waals surface area (Å²) in [7, 11) is 5.46. The van der Waals surface area contributed by atoms with Gasteiger partial charge in [-0.1, -0.05) is 0 Å². The van der Waals surface area contributed by atoms with Crippen molar-refractivity contribution in [3.05, 3.63) is 70.7 Å². The van der Waals surface area contributed by atoms with Crippen LogP contribution in [0.5, 0.6) is 34.5 Å². The molecule has 4 N–H and O–H groups in total. The third-order valence-electron chi connectivity index (χ3n) is 5.48. The Hall–Kier alpha value is -4.80. The van der Waals surface area contributed by atoms with Gasteiger partial charge < -0.3 is 44.1 Å². The highest BCUT2D eigenvalue weighted by molar-refractivity contribution is 6.04. The molecular formula is C26H26O11. The number of allylic oxidation sites excluding steroid dienone is 4. The lowest BCUT2D eigenvalue weighted by Gasteiger charge is -2.23. The lowest BCUT2D eigenvalue weighted by molar-refractivity contribution is -0.113. The Bertz CT molecular complexity index is 1260.